The maximum absolute atomic E-state index is 12.0. The first-order valence-electron chi connectivity index (χ1n) is 6.19. The zero-order chi connectivity index (χ0) is 13.0. The van der Waals surface area contributed by atoms with Gasteiger partial charge in [0, 0.05) is 25.3 Å². The summed E-state index contributed by atoms with van der Waals surface area (Å²) in [5.74, 6) is 0.360. The molecule has 0 aromatic carbocycles. The largest absolute Gasteiger partial charge is 0.377 e. The molecular formula is C12H19N3O3. The summed E-state index contributed by atoms with van der Waals surface area (Å²) in [5, 5.41) is 10.0. The van der Waals surface area contributed by atoms with Gasteiger partial charge in [-0.05, 0) is 26.3 Å². The molecule has 0 spiro atoms. The lowest BCUT2D eigenvalue weighted by molar-refractivity contribution is 0.0910. The van der Waals surface area contributed by atoms with Crippen LogP contribution in [-0.2, 0) is 11.3 Å². The highest BCUT2D eigenvalue weighted by atomic mass is 16.5. The highest BCUT2D eigenvalue weighted by Gasteiger charge is 2.24. The molecule has 100 valence electrons. The van der Waals surface area contributed by atoms with E-state index in [0.29, 0.717) is 18.1 Å². The maximum Gasteiger partial charge on any atom is 0.273 e. The Morgan fingerprint density at radius 3 is 3.28 bits per heavy atom. The normalized spacial score (nSPS) is 23.9. The summed E-state index contributed by atoms with van der Waals surface area (Å²) in [6, 6.07) is 2.04. The van der Waals surface area contributed by atoms with E-state index < -0.39 is 0 Å². The minimum atomic E-state index is -0.193. The number of methoxy groups -OCH3 is 1. The third-order valence-corrected chi connectivity index (χ3v) is 3.16. The van der Waals surface area contributed by atoms with Crippen molar-refractivity contribution in [2.45, 2.75) is 38.5 Å². The molecule has 6 nitrogen and oxygen atoms in total. The number of carbonyl (C=O) groups is 1. The van der Waals surface area contributed by atoms with E-state index in [4.69, 9.17) is 9.26 Å². The third-order valence-electron chi connectivity index (χ3n) is 3.16. The van der Waals surface area contributed by atoms with Crippen LogP contribution in [0.15, 0.2) is 10.6 Å². The SMILES string of the molecule is COCc1cc(C(=O)NC2CCCNC2C)no1. The second-order valence-electron chi connectivity index (χ2n) is 4.58. The van der Waals surface area contributed by atoms with Crippen LogP contribution in [-0.4, -0.2) is 36.8 Å². The molecule has 0 aliphatic carbocycles. The van der Waals surface area contributed by atoms with Gasteiger partial charge in [0.15, 0.2) is 11.5 Å². The number of ether oxygens (including phenoxy) is 1. The number of aromatic nitrogens is 1. The monoisotopic (exact) mass is 253 g/mol. The van der Waals surface area contributed by atoms with Crippen molar-refractivity contribution in [1.82, 2.24) is 15.8 Å². The van der Waals surface area contributed by atoms with Gasteiger partial charge in [0.25, 0.3) is 5.91 Å². The van der Waals surface area contributed by atoms with Crippen LogP contribution in [0.3, 0.4) is 0 Å². The summed E-state index contributed by atoms with van der Waals surface area (Å²) >= 11 is 0. The molecule has 0 radical (unpaired) electrons. The van der Waals surface area contributed by atoms with Gasteiger partial charge in [-0.3, -0.25) is 4.79 Å². The average molecular weight is 253 g/mol. The molecule has 2 atom stereocenters. The molecule has 1 aromatic rings. The second-order valence-corrected chi connectivity index (χ2v) is 4.58. The van der Waals surface area contributed by atoms with Crippen LogP contribution >= 0.6 is 0 Å². The quantitative estimate of drug-likeness (QED) is 0.825. The fourth-order valence-electron chi connectivity index (χ4n) is 2.11. The van der Waals surface area contributed by atoms with Crippen molar-refractivity contribution in [3.8, 4) is 0 Å². The maximum atomic E-state index is 12.0. The molecule has 0 saturated carbocycles. The summed E-state index contributed by atoms with van der Waals surface area (Å²) in [6.45, 7) is 3.40. The Labute approximate surface area is 106 Å². The molecule has 1 saturated heterocycles. The number of amides is 1. The molecule has 2 N–H and O–H groups in total. The lowest BCUT2D eigenvalue weighted by atomic mass is 10.00. The van der Waals surface area contributed by atoms with Crippen LogP contribution in [0.4, 0.5) is 0 Å². The number of hydrogen-bond acceptors (Lipinski definition) is 5. The number of nitrogens with one attached hydrogen (secondary N) is 2. The minimum absolute atomic E-state index is 0.147. The first-order chi connectivity index (χ1) is 8.70. The molecule has 1 amide bonds. The van der Waals surface area contributed by atoms with E-state index in [1.165, 1.54) is 0 Å². The number of rotatable bonds is 4. The van der Waals surface area contributed by atoms with Crippen molar-refractivity contribution in [3.05, 3.63) is 17.5 Å². The summed E-state index contributed by atoms with van der Waals surface area (Å²) < 4.78 is 9.90. The topological polar surface area (TPSA) is 76.4 Å². The van der Waals surface area contributed by atoms with Gasteiger partial charge in [0.05, 0.1) is 0 Å². The molecule has 1 aromatic heterocycles. The van der Waals surface area contributed by atoms with Crippen LogP contribution in [0.25, 0.3) is 0 Å². The molecule has 6 heteroatoms. The van der Waals surface area contributed by atoms with Crippen LogP contribution in [0.2, 0.25) is 0 Å². The first-order valence-corrected chi connectivity index (χ1v) is 6.19. The zero-order valence-electron chi connectivity index (χ0n) is 10.7. The lowest BCUT2D eigenvalue weighted by Gasteiger charge is -2.30. The van der Waals surface area contributed by atoms with Crippen LogP contribution in [0.1, 0.15) is 36.0 Å². The Morgan fingerprint density at radius 2 is 2.56 bits per heavy atom. The molecular weight excluding hydrogens is 234 g/mol. The predicted molar refractivity (Wildman–Crippen MR) is 65.2 cm³/mol. The Bertz CT molecular complexity index is 405. The summed E-state index contributed by atoms with van der Waals surface area (Å²) in [5.41, 5.74) is 0.305. The van der Waals surface area contributed by atoms with Crippen molar-refractivity contribution in [2.24, 2.45) is 0 Å². The van der Waals surface area contributed by atoms with Crippen molar-refractivity contribution < 1.29 is 14.1 Å². The summed E-state index contributed by atoms with van der Waals surface area (Å²) in [4.78, 5) is 12.0. The Balaban J connectivity index is 1.93. The Kier molecular flexibility index (Phi) is 4.33. The molecule has 2 heterocycles. The van der Waals surface area contributed by atoms with Gasteiger partial charge in [0.1, 0.15) is 6.61 Å². The second kappa shape index (κ2) is 5.97. The van der Waals surface area contributed by atoms with Gasteiger partial charge in [0.2, 0.25) is 0 Å². The highest BCUT2D eigenvalue weighted by molar-refractivity contribution is 5.92. The number of hydrogen-bond donors (Lipinski definition) is 2. The van der Waals surface area contributed by atoms with Gasteiger partial charge < -0.3 is 19.9 Å². The molecule has 0 bridgehead atoms. The lowest BCUT2D eigenvalue weighted by Crippen LogP contribution is -2.51. The van der Waals surface area contributed by atoms with E-state index in [1.807, 2.05) is 0 Å². The number of nitrogens with zero attached hydrogens (tertiary/aromatic N) is 1. The molecule has 2 rings (SSSR count). The zero-order valence-corrected chi connectivity index (χ0v) is 10.7. The highest BCUT2D eigenvalue weighted by Crippen LogP contribution is 2.10. The Morgan fingerprint density at radius 1 is 1.72 bits per heavy atom. The van der Waals surface area contributed by atoms with E-state index in [0.717, 1.165) is 19.4 Å². The standard InChI is InChI=1S/C12H19N3O3/c1-8-10(4-3-5-13-8)14-12(16)11-6-9(7-17-2)18-15-11/h6,8,10,13H,3-5,7H2,1-2H3,(H,14,16). The number of piperidine rings is 1. The van der Waals surface area contributed by atoms with Crippen LogP contribution in [0.5, 0.6) is 0 Å². The van der Waals surface area contributed by atoms with Crippen molar-refractivity contribution >= 4 is 5.91 Å². The molecule has 1 aliphatic rings. The van der Waals surface area contributed by atoms with E-state index in [1.54, 1.807) is 13.2 Å². The van der Waals surface area contributed by atoms with Gasteiger partial charge >= 0.3 is 0 Å². The van der Waals surface area contributed by atoms with Crippen molar-refractivity contribution in [3.63, 3.8) is 0 Å². The van der Waals surface area contributed by atoms with Crippen LogP contribution < -0.4 is 10.6 Å². The Hall–Kier alpha value is -1.40. The molecule has 1 aliphatic heterocycles. The van der Waals surface area contributed by atoms with E-state index >= 15 is 0 Å². The summed E-state index contributed by atoms with van der Waals surface area (Å²) in [6.07, 6.45) is 2.06. The molecule has 18 heavy (non-hydrogen) atoms. The fourth-order valence-corrected chi connectivity index (χ4v) is 2.11. The van der Waals surface area contributed by atoms with Gasteiger partial charge in [-0.2, -0.15) is 0 Å². The smallest absolute Gasteiger partial charge is 0.273 e. The molecule has 1 fully saturated rings. The number of carbonyl (C=O) groups excluding carboxylic acids is 1. The predicted octanol–water partition coefficient (Wildman–Crippen LogP) is 0.691. The van der Waals surface area contributed by atoms with Gasteiger partial charge in [-0.1, -0.05) is 5.16 Å². The van der Waals surface area contributed by atoms with E-state index in [-0.39, 0.29) is 18.0 Å². The van der Waals surface area contributed by atoms with E-state index in [2.05, 4.69) is 22.7 Å². The van der Waals surface area contributed by atoms with Crippen molar-refractivity contribution in [2.75, 3.05) is 13.7 Å². The third kappa shape index (κ3) is 3.08. The van der Waals surface area contributed by atoms with Gasteiger partial charge in [-0.25, -0.2) is 0 Å². The van der Waals surface area contributed by atoms with Gasteiger partial charge in [-0.15, -0.1) is 0 Å². The van der Waals surface area contributed by atoms with E-state index in [9.17, 15) is 4.79 Å². The first kappa shape index (κ1) is 13.0. The van der Waals surface area contributed by atoms with Crippen LogP contribution in [0, 0.1) is 0 Å². The summed E-state index contributed by atoms with van der Waals surface area (Å²) in [7, 11) is 1.57. The minimum Gasteiger partial charge on any atom is -0.377 e. The molecule has 2 unspecified atom stereocenters. The fraction of sp³-hybridized carbons (Fsp3) is 0.667. The average Bonchev–Trinajstić information content (AvgIpc) is 2.81. The van der Waals surface area contributed by atoms with Crippen molar-refractivity contribution in [1.29, 1.82) is 0 Å².